The quantitative estimate of drug-likeness (QED) is 0.725. The van der Waals surface area contributed by atoms with E-state index in [1.54, 1.807) is 0 Å². The molecule has 114 valence electrons. The fourth-order valence-corrected chi connectivity index (χ4v) is 3.16. The molecule has 0 aromatic rings. The lowest BCUT2D eigenvalue weighted by molar-refractivity contribution is -0.137. The van der Waals surface area contributed by atoms with Crippen molar-refractivity contribution in [3.05, 3.63) is 0 Å². The van der Waals surface area contributed by atoms with Gasteiger partial charge in [0.1, 0.15) is 0 Å². The summed E-state index contributed by atoms with van der Waals surface area (Å²) in [4.78, 5) is 0. The fraction of sp³-hybridized carbons (Fsp3) is 1.00. The zero-order valence-corrected chi connectivity index (χ0v) is 12.0. The molecule has 1 N–H and O–H groups in total. The Balaban J connectivity index is 2.58. The fourth-order valence-electron chi connectivity index (χ4n) is 3.16. The maximum atomic E-state index is 12.3. The molecular weight excluding hydrogens is 255 g/mol. The number of ether oxygens (including phenoxy) is 1. The molecule has 0 aliphatic heterocycles. The normalized spacial score (nSPS) is 20.7. The standard InChI is InChI=1S/C14H26F3NO/c1-3-18-12(8-7-11-14(15,16)17)13(19-4-2)9-5-6-10-13/h12,18H,3-11H2,1-2H3. The summed E-state index contributed by atoms with van der Waals surface area (Å²) in [6.07, 6.45) is 0.114. The summed E-state index contributed by atoms with van der Waals surface area (Å²) < 4.78 is 42.7. The van der Waals surface area contributed by atoms with E-state index in [-0.39, 0.29) is 18.1 Å². The summed E-state index contributed by atoms with van der Waals surface area (Å²) in [5.41, 5.74) is -0.240. The van der Waals surface area contributed by atoms with Crippen molar-refractivity contribution in [1.29, 1.82) is 0 Å². The minimum atomic E-state index is -4.05. The molecule has 1 fully saturated rings. The monoisotopic (exact) mass is 281 g/mol. The zero-order valence-electron chi connectivity index (χ0n) is 12.0. The predicted octanol–water partition coefficient (Wildman–Crippen LogP) is 4.05. The van der Waals surface area contributed by atoms with E-state index >= 15 is 0 Å². The number of halogens is 3. The van der Waals surface area contributed by atoms with Crippen LogP contribution in [0.5, 0.6) is 0 Å². The first-order valence-electron chi connectivity index (χ1n) is 7.37. The maximum absolute atomic E-state index is 12.3. The third-order valence-corrected chi connectivity index (χ3v) is 3.92. The Kier molecular flexibility index (Phi) is 6.60. The van der Waals surface area contributed by atoms with Crippen molar-refractivity contribution >= 4 is 0 Å². The molecule has 1 aliphatic carbocycles. The van der Waals surface area contributed by atoms with Crippen molar-refractivity contribution in [3.8, 4) is 0 Å². The van der Waals surface area contributed by atoms with E-state index in [4.69, 9.17) is 4.74 Å². The van der Waals surface area contributed by atoms with Crippen LogP contribution < -0.4 is 5.32 Å². The van der Waals surface area contributed by atoms with Crippen LogP contribution in [0.2, 0.25) is 0 Å². The van der Waals surface area contributed by atoms with E-state index in [1.165, 1.54) is 0 Å². The van der Waals surface area contributed by atoms with Crippen LogP contribution in [0.4, 0.5) is 13.2 Å². The lowest BCUT2D eigenvalue weighted by Gasteiger charge is -2.38. The van der Waals surface area contributed by atoms with Gasteiger partial charge in [0.2, 0.25) is 0 Å². The molecule has 1 unspecified atom stereocenters. The Labute approximate surface area is 114 Å². The van der Waals surface area contributed by atoms with Gasteiger partial charge in [-0.05, 0) is 39.2 Å². The maximum Gasteiger partial charge on any atom is 0.389 e. The number of alkyl halides is 3. The van der Waals surface area contributed by atoms with Crippen molar-refractivity contribution < 1.29 is 17.9 Å². The summed E-state index contributed by atoms with van der Waals surface area (Å²) in [5.74, 6) is 0. The van der Waals surface area contributed by atoms with E-state index in [1.807, 2.05) is 13.8 Å². The van der Waals surface area contributed by atoms with Crippen molar-refractivity contribution in [2.45, 2.75) is 76.6 Å². The molecule has 2 nitrogen and oxygen atoms in total. The van der Waals surface area contributed by atoms with Gasteiger partial charge in [-0.25, -0.2) is 0 Å². The van der Waals surface area contributed by atoms with Gasteiger partial charge < -0.3 is 10.1 Å². The number of rotatable bonds is 8. The molecule has 0 heterocycles. The highest BCUT2D eigenvalue weighted by Gasteiger charge is 2.41. The summed E-state index contributed by atoms with van der Waals surface area (Å²) in [7, 11) is 0. The van der Waals surface area contributed by atoms with Crippen LogP contribution in [-0.4, -0.2) is 31.0 Å². The molecule has 0 saturated heterocycles. The topological polar surface area (TPSA) is 21.3 Å². The number of hydrogen-bond donors (Lipinski definition) is 1. The van der Waals surface area contributed by atoms with E-state index in [9.17, 15) is 13.2 Å². The van der Waals surface area contributed by atoms with E-state index < -0.39 is 12.6 Å². The van der Waals surface area contributed by atoms with Crippen LogP contribution in [0.25, 0.3) is 0 Å². The number of likely N-dealkylation sites (N-methyl/N-ethyl adjacent to an activating group) is 1. The highest BCUT2D eigenvalue weighted by molar-refractivity contribution is 4.97. The lowest BCUT2D eigenvalue weighted by Crippen LogP contribution is -2.51. The second-order valence-corrected chi connectivity index (χ2v) is 5.32. The second-order valence-electron chi connectivity index (χ2n) is 5.32. The van der Waals surface area contributed by atoms with E-state index in [2.05, 4.69) is 5.32 Å². The summed E-state index contributed by atoms with van der Waals surface area (Å²) >= 11 is 0. The second kappa shape index (κ2) is 7.48. The Hall–Kier alpha value is -0.290. The molecule has 1 rings (SSSR count). The lowest BCUT2D eigenvalue weighted by atomic mass is 9.88. The average Bonchev–Trinajstić information content (AvgIpc) is 2.76. The van der Waals surface area contributed by atoms with Gasteiger partial charge in [0, 0.05) is 19.1 Å². The van der Waals surface area contributed by atoms with Crippen molar-refractivity contribution in [3.63, 3.8) is 0 Å². The Bertz CT molecular complexity index is 250. The summed E-state index contributed by atoms with van der Waals surface area (Å²) in [6.45, 7) is 5.34. The Morgan fingerprint density at radius 1 is 1.21 bits per heavy atom. The molecule has 0 spiro atoms. The van der Waals surface area contributed by atoms with Crippen molar-refractivity contribution in [2.24, 2.45) is 0 Å². The van der Waals surface area contributed by atoms with Crippen molar-refractivity contribution in [2.75, 3.05) is 13.2 Å². The number of nitrogens with one attached hydrogen (secondary N) is 1. The summed E-state index contributed by atoms with van der Waals surface area (Å²) in [5, 5.41) is 3.34. The molecule has 1 atom stereocenters. The summed E-state index contributed by atoms with van der Waals surface area (Å²) in [6, 6.07) is 0.0438. The molecule has 1 aliphatic rings. The largest absolute Gasteiger partial charge is 0.389 e. The highest BCUT2D eigenvalue weighted by Crippen LogP contribution is 2.38. The van der Waals surface area contributed by atoms with Crippen LogP contribution in [-0.2, 0) is 4.74 Å². The van der Waals surface area contributed by atoms with E-state index in [0.29, 0.717) is 13.0 Å². The third kappa shape index (κ3) is 5.30. The Morgan fingerprint density at radius 3 is 2.32 bits per heavy atom. The first-order chi connectivity index (χ1) is 8.93. The predicted molar refractivity (Wildman–Crippen MR) is 70.2 cm³/mol. The smallest absolute Gasteiger partial charge is 0.374 e. The molecule has 5 heteroatoms. The van der Waals surface area contributed by atoms with Crippen LogP contribution in [0, 0.1) is 0 Å². The van der Waals surface area contributed by atoms with Crippen LogP contribution in [0.1, 0.15) is 58.8 Å². The third-order valence-electron chi connectivity index (χ3n) is 3.92. The molecule has 19 heavy (non-hydrogen) atoms. The highest BCUT2D eigenvalue weighted by atomic mass is 19.4. The van der Waals surface area contributed by atoms with Crippen LogP contribution >= 0.6 is 0 Å². The molecule has 0 amide bonds. The van der Waals surface area contributed by atoms with Gasteiger partial charge in [0.05, 0.1) is 5.60 Å². The molecule has 0 bridgehead atoms. The first kappa shape index (κ1) is 16.8. The van der Waals surface area contributed by atoms with Gasteiger partial charge in [0.15, 0.2) is 0 Å². The minimum absolute atomic E-state index is 0.0438. The molecule has 0 aromatic carbocycles. The van der Waals surface area contributed by atoms with E-state index in [0.717, 1.165) is 32.2 Å². The van der Waals surface area contributed by atoms with Gasteiger partial charge in [-0.1, -0.05) is 19.8 Å². The van der Waals surface area contributed by atoms with Crippen LogP contribution in [0.3, 0.4) is 0 Å². The molecule has 1 saturated carbocycles. The number of hydrogen-bond acceptors (Lipinski definition) is 2. The van der Waals surface area contributed by atoms with Gasteiger partial charge >= 0.3 is 6.18 Å². The first-order valence-corrected chi connectivity index (χ1v) is 7.37. The molecule has 0 radical (unpaired) electrons. The zero-order chi connectivity index (χ0) is 14.4. The van der Waals surface area contributed by atoms with Gasteiger partial charge in [-0.3, -0.25) is 0 Å². The average molecular weight is 281 g/mol. The minimum Gasteiger partial charge on any atom is -0.374 e. The SMILES string of the molecule is CCNC(CCCC(F)(F)F)C1(OCC)CCCC1. The molecule has 0 aromatic heterocycles. The van der Waals surface area contributed by atoms with Gasteiger partial charge in [0.25, 0.3) is 0 Å². The van der Waals surface area contributed by atoms with Gasteiger partial charge in [-0.15, -0.1) is 0 Å². The van der Waals surface area contributed by atoms with Gasteiger partial charge in [-0.2, -0.15) is 13.2 Å². The van der Waals surface area contributed by atoms with Crippen molar-refractivity contribution in [1.82, 2.24) is 5.32 Å². The Morgan fingerprint density at radius 2 is 1.84 bits per heavy atom. The molecular formula is C14H26F3NO. The van der Waals surface area contributed by atoms with Crippen LogP contribution in [0.15, 0.2) is 0 Å².